The van der Waals surface area contributed by atoms with Gasteiger partial charge in [0.25, 0.3) is 0 Å². The first-order chi connectivity index (χ1) is 11.4. The number of hydrogen-bond donors (Lipinski definition) is 0. The van der Waals surface area contributed by atoms with E-state index < -0.39 is 28.8 Å². The van der Waals surface area contributed by atoms with Gasteiger partial charge >= 0.3 is 12.3 Å². The van der Waals surface area contributed by atoms with Crippen LogP contribution in [0.4, 0.5) is 18.0 Å². The number of nitrogens with zero attached hydrogens (tertiary/aromatic N) is 2. The first-order valence-corrected chi connectivity index (χ1v) is 7.99. The average Bonchev–Trinajstić information content (AvgIpc) is 2.90. The van der Waals surface area contributed by atoms with Crippen molar-refractivity contribution in [2.75, 3.05) is 13.1 Å². The number of carbonyl (C=O) groups excluding carboxylic acids is 1. The molecule has 136 valence electrons. The second-order valence-corrected chi connectivity index (χ2v) is 7.42. The van der Waals surface area contributed by atoms with E-state index in [0.29, 0.717) is 18.5 Å². The quantitative estimate of drug-likeness (QED) is 0.791. The van der Waals surface area contributed by atoms with Gasteiger partial charge in [0.15, 0.2) is 0 Å². The standard InChI is InChI=1S/C18H21F3N2O2/c1-16(2,3)25-15(24)23-8-7-17(11-22,12-23)10-13-5-4-6-14(9-13)18(19,20)21/h4-6,9H,7-8,10,12H2,1-3H3. The molecule has 0 spiro atoms. The molecule has 0 N–H and O–H groups in total. The van der Waals surface area contributed by atoms with Crippen LogP contribution in [0.5, 0.6) is 0 Å². The fourth-order valence-electron chi connectivity index (χ4n) is 2.88. The van der Waals surface area contributed by atoms with Gasteiger partial charge in [-0.3, -0.25) is 0 Å². The van der Waals surface area contributed by atoms with Crippen LogP contribution in [0, 0.1) is 16.7 Å². The number of likely N-dealkylation sites (tertiary alicyclic amines) is 1. The largest absolute Gasteiger partial charge is 0.444 e. The van der Waals surface area contributed by atoms with E-state index in [1.807, 2.05) is 0 Å². The normalized spacial score (nSPS) is 21.1. The number of carbonyl (C=O) groups is 1. The van der Waals surface area contributed by atoms with Crippen molar-refractivity contribution in [3.8, 4) is 6.07 Å². The Labute approximate surface area is 145 Å². The first-order valence-electron chi connectivity index (χ1n) is 7.99. The summed E-state index contributed by atoms with van der Waals surface area (Å²) in [6, 6.07) is 7.18. The lowest BCUT2D eigenvalue weighted by molar-refractivity contribution is -0.137. The number of ether oxygens (including phenoxy) is 1. The van der Waals surface area contributed by atoms with Crippen LogP contribution in [0.25, 0.3) is 0 Å². The molecule has 1 saturated heterocycles. The molecule has 2 rings (SSSR count). The topological polar surface area (TPSA) is 53.3 Å². The highest BCUT2D eigenvalue weighted by Gasteiger charge is 2.42. The molecule has 0 aromatic heterocycles. The van der Waals surface area contributed by atoms with E-state index in [1.54, 1.807) is 26.8 Å². The maximum Gasteiger partial charge on any atom is 0.416 e. The van der Waals surface area contributed by atoms with E-state index in [9.17, 15) is 23.2 Å². The van der Waals surface area contributed by atoms with Crippen molar-refractivity contribution in [2.45, 2.75) is 45.4 Å². The smallest absolute Gasteiger partial charge is 0.416 e. The van der Waals surface area contributed by atoms with Crippen LogP contribution < -0.4 is 0 Å². The first kappa shape index (κ1) is 19.1. The molecule has 1 fully saturated rings. The molecule has 7 heteroatoms. The molecule has 1 heterocycles. The molecule has 0 bridgehead atoms. The van der Waals surface area contributed by atoms with Gasteiger partial charge in [-0.15, -0.1) is 0 Å². The number of hydrogen-bond acceptors (Lipinski definition) is 3. The van der Waals surface area contributed by atoms with Crippen molar-refractivity contribution in [3.05, 3.63) is 35.4 Å². The van der Waals surface area contributed by atoms with E-state index in [1.165, 1.54) is 11.0 Å². The van der Waals surface area contributed by atoms with Crippen LogP contribution in [0.15, 0.2) is 24.3 Å². The third-order valence-corrected chi connectivity index (χ3v) is 4.04. The van der Waals surface area contributed by atoms with E-state index in [0.717, 1.165) is 12.1 Å². The molecule has 1 aromatic rings. The van der Waals surface area contributed by atoms with Crippen LogP contribution in [-0.2, 0) is 17.3 Å². The van der Waals surface area contributed by atoms with Gasteiger partial charge in [-0.25, -0.2) is 4.79 Å². The molecular formula is C18H21F3N2O2. The van der Waals surface area contributed by atoms with Crippen LogP contribution >= 0.6 is 0 Å². The fourth-order valence-corrected chi connectivity index (χ4v) is 2.88. The number of benzene rings is 1. The molecular weight excluding hydrogens is 333 g/mol. The third-order valence-electron chi connectivity index (χ3n) is 4.04. The zero-order chi connectivity index (χ0) is 18.9. The molecule has 0 aliphatic carbocycles. The van der Waals surface area contributed by atoms with Crippen molar-refractivity contribution >= 4 is 6.09 Å². The van der Waals surface area contributed by atoms with Crippen molar-refractivity contribution in [2.24, 2.45) is 5.41 Å². The summed E-state index contributed by atoms with van der Waals surface area (Å²) in [6.45, 7) is 5.75. The zero-order valence-electron chi connectivity index (χ0n) is 14.5. The molecule has 1 aromatic carbocycles. The van der Waals surface area contributed by atoms with E-state index in [2.05, 4.69) is 6.07 Å². The van der Waals surface area contributed by atoms with E-state index in [-0.39, 0.29) is 13.0 Å². The Balaban J connectivity index is 2.13. The van der Waals surface area contributed by atoms with Gasteiger partial charge in [0.05, 0.1) is 17.0 Å². The number of amides is 1. The summed E-state index contributed by atoms with van der Waals surface area (Å²) >= 11 is 0. The lowest BCUT2D eigenvalue weighted by Gasteiger charge is -2.26. The van der Waals surface area contributed by atoms with Crippen LogP contribution in [0.2, 0.25) is 0 Å². The number of halogens is 3. The van der Waals surface area contributed by atoms with Crippen molar-refractivity contribution in [1.29, 1.82) is 5.26 Å². The Hall–Kier alpha value is -2.23. The van der Waals surface area contributed by atoms with Gasteiger partial charge in [-0.05, 0) is 45.2 Å². The monoisotopic (exact) mass is 354 g/mol. The molecule has 1 amide bonds. The van der Waals surface area contributed by atoms with Crippen LogP contribution in [-0.4, -0.2) is 29.7 Å². The van der Waals surface area contributed by atoms with Crippen LogP contribution in [0.3, 0.4) is 0 Å². The number of alkyl halides is 3. The molecule has 1 atom stereocenters. The average molecular weight is 354 g/mol. The summed E-state index contributed by atoms with van der Waals surface area (Å²) in [6.07, 6.45) is -4.37. The summed E-state index contributed by atoms with van der Waals surface area (Å²) in [5, 5.41) is 9.59. The van der Waals surface area contributed by atoms with E-state index >= 15 is 0 Å². The highest BCUT2D eigenvalue weighted by Crippen LogP contribution is 2.36. The number of nitriles is 1. The predicted molar refractivity (Wildman–Crippen MR) is 85.6 cm³/mol. The van der Waals surface area contributed by atoms with Gasteiger partial charge in [0.1, 0.15) is 5.60 Å². The fraction of sp³-hybridized carbons (Fsp3) is 0.556. The maximum absolute atomic E-state index is 12.8. The molecule has 0 saturated carbocycles. The third kappa shape index (κ3) is 4.88. The minimum absolute atomic E-state index is 0.147. The lowest BCUT2D eigenvalue weighted by Crippen LogP contribution is -2.37. The Morgan fingerprint density at radius 3 is 2.60 bits per heavy atom. The Bertz CT molecular complexity index is 689. The molecule has 1 aliphatic rings. The second-order valence-electron chi connectivity index (χ2n) is 7.42. The zero-order valence-corrected chi connectivity index (χ0v) is 14.5. The van der Waals surface area contributed by atoms with Crippen molar-refractivity contribution in [3.63, 3.8) is 0 Å². The second kappa shape index (κ2) is 6.58. The highest BCUT2D eigenvalue weighted by molar-refractivity contribution is 5.68. The molecule has 4 nitrogen and oxygen atoms in total. The van der Waals surface area contributed by atoms with Crippen molar-refractivity contribution in [1.82, 2.24) is 4.90 Å². The highest BCUT2D eigenvalue weighted by atomic mass is 19.4. The van der Waals surface area contributed by atoms with Gasteiger partial charge in [0, 0.05) is 13.1 Å². The van der Waals surface area contributed by atoms with Gasteiger partial charge in [-0.2, -0.15) is 18.4 Å². The summed E-state index contributed by atoms with van der Waals surface area (Å²) in [5.74, 6) is 0. The Morgan fingerprint density at radius 2 is 2.04 bits per heavy atom. The number of rotatable bonds is 2. The molecule has 1 aliphatic heterocycles. The minimum atomic E-state index is -4.42. The Morgan fingerprint density at radius 1 is 1.36 bits per heavy atom. The van der Waals surface area contributed by atoms with Gasteiger partial charge in [0.2, 0.25) is 0 Å². The summed E-state index contributed by atoms with van der Waals surface area (Å²) < 4.78 is 43.9. The molecule has 0 radical (unpaired) electrons. The summed E-state index contributed by atoms with van der Waals surface area (Å²) in [4.78, 5) is 13.6. The summed E-state index contributed by atoms with van der Waals surface area (Å²) in [7, 11) is 0. The SMILES string of the molecule is CC(C)(C)OC(=O)N1CCC(C#N)(Cc2cccc(C(F)(F)F)c2)C1. The predicted octanol–water partition coefficient (Wildman–Crippen LogP) is 4.40. The summed E-state index contributed by atoms with van der Waals surface area (Å²) in [5.41, 5.74) is -1.85. The van der Waals surface area contributed by atoms with Crippen LogP contribution in [0.1, 0.15) is 38.3 Å². The van der Waals surface area contributed by atoms with Gasteiger partial charge < -0.3 is 9.64 Å². The maximum atomic E-state index is 12.8. The Kier molecular flexibility index (Phi) is 5.03. The van der Waals surface area contributed by atoms with Gasteiger partial charge in [-0.1, -0.05) is 18.2 Å². The van der Waals surface area contributed by atoms with Crippen molar-refractivity contribution < 1.29 is 22.7 Å². The molecule has 25 heavy (non-hydrogen) atoms. The molecule has 1 unspecified atom stereocenters. The minimum Gasteiger partial charge on any atom is -0.444 e. The lowest BCUT2D eigenvalue weighted by atomic mass is 9.82. The van der Waals surface area contributed by atoms with E-state index in [4.69, 9.17) is 4.74 Å².